The van der Waals surface area contributed by atoms with Crippen LogP contribution in [0.5, 0.6) is 0 Å². The zero-order chi connectivity index (χ0) is 13.0. The molecule has 2 rings (SSSR count). The Morgan fingerprint density at radius 1 is 1.33 bits per heavy atom. The predicted octanol–water partition coefficient (Wildman–Crippen LogP) is 1.98. The number of nitrogens with one attached hydrogen (secondary N) is 1. The van der Waals surface area contributed by atoms with E-state index in [-0.39, 0.29) is 0 Å². The maximum absolute atomic E-state index is 10.4. The zero-order valence-electron chi connectivity index (χ0n) is 10.7. The first-order chi connectivity index (χ1) is 8.58. The van der Waals surface area contributed by atoms with Crippen LogP contribution in [-0.2, 0) is 12.1 Å². The van der Waals surface area contributed by atoms with Crippen LogP contribution in [-0.4, -0.2) is 16.8 Å². The minimum Gasteiger partial charge on any atom is -0.384 e. The third-order valence-corrected chi connectivity index (χ3v) is 2.84. The zero-order valence-corrected chi connectivity index (χ0v) is 10.7. The summed E-state index contributed by atoms with van der Waals surface area (Å²) in [5.41, 5.74) is 0.865. The number of hydrogen-bond donors (Lipinski definition) is 2. The van der Waals surface area contributed by atoms with Crippen LogP contribution in [0, 0.1) is 6.92 Å². The fourth-order valence-corrected chi connectivity index (χ4v) is 1.83. The third-order valence-electron chi connectivity index (χ3n) is 2.84. The topological polar surface area (TPSA) is 58.3 Å². The van der Waals surface area contributed by atoms with Crippen molar-refractivity contribution in [2.24, 2.45) is 0 Å². The lowest BCUT2D eigenvalue weighted by Crippen LogP contribution is -2.35. The minimum absolute atomic E-state index is 0.455. The van der Waals surface area contributed by atoms with E-state index in [2.05, 4.69) is 10.5 Å². The van der Waals surface area contributed by atoms with Crippen molar-refractivity contribution in [3.8, 4) is 0 Å². The van der Waals surface area contributed by atoms with Crippen LogP contribution in [0.4, 0.5) is 0 Å². The highest BCUT2D eigenvalue weighted by molar-refractivity contribution is 5.21. The molecule has 1 aromatic carbocycles. The van der Waals surface area contributed by atoms with Crippen LogP contribution < -0.4 is 5.32 Å². The van der Waals surface area contributed by atoms with Crippen molar-refractivity contribution in [3.63, 3.8) is 0 Å². The van der Waals surface area contributed by atoms with Crippen molar-refractivity contribution in [2.75, 3.05) is 6.54 Å². The van der Waals surface area contributed by atoms with Gasteiger partial charge in [-0.3, -0.25) is 0 Å². The Balaban J connectivity index is 1.89. The van der Waals surface area contributed by atoms with Gasteiger partial charge in [0.25, 0.3) is 0 Å². The van der Waals surface area contributed by atoms with Crippen LogP contribution in [0.2, 0.25) is 0 Å². The van der Waals surface area contributed by atoms with Gasteiger partial charge in [0.15, 0.2) is 5.76 Å². The van der Waals surface area contributed by atoms with E-state index in [1.54, 1.807) is 6.92 Å². The second-order valence-electron chi connectivity index (χ2n) is 4.68. The molecule has 0 spiro atoms. The molecule has 0 aliphatic heterocycles. The Bertz CT molecular complexity index is 492. The van der Waals surface area contributed by atoms with E-state index in [9.17, 15) is 5.11 Å². The molecule has 0 saturated carbocycles. The molecule has 0 aliphatic rings. The van der Waals surface area contributed by atoms with Crippen molar-refractivity contribution in [2.45, 2.75) is 26.0 Å². The van der Waals surface area contributed by atoms with Crippen molar-refractivity contribution >= 4 is 0 Å². The molecule has 2 aromatic rings. The van der Waals surface area contributed by atoms with E-state index in [0.717, 1.165) is 17.0 Å². The summed E-state index contributed by atoms with van der Waals surface area (Å²) in [6, 6.07) is 11.5. The molecule has 1 unspecified atom stereocenters. The SMILES string of the molecule is Cc1cc(CNCC(C)(O)c2ccccc2)on1. The normalized spacial score (nSPS) is 14.4. The summed E-state index contributed by atoms with van der Waals surface area (Å²) in [6.45, 7) is 4.69. The monoisotopic (exact) mass is 246 g/mol. The molecule has 0 aliphatic carbocycles. The lowest BCUT2D eigenvalue weighted by molar-refractivity contribution is 0.0560. The van der Waals surface area contributed by atoms with E-state index in [0.29, 0.717) is 13.1 Å². The number of benzene rings is 1. The molecule has 4 heteroatoms. The number of rotatable bonds is 5. The highest BCUT2D eigenvalue weighted by atomic mass is 16.5. The van der Waals surface area contributed by atoms with Gasteiger partial charge in [-0.25, -0.2) is 0 Å². The maximum atomic E-state index is 10.4. The van der Waals surface area contributed by atoms with E-state index >= 15 is 0 Å². The van der Waals surface area contributed by atoms with Crippen LogP contribution in [0.1, 0.15) is 23.9 Å². The van der Waals surface area contributed by atoms with Gasteiger partial charge < -0.3 is 14.9 Å². The maximum Gasteiger partial charge on any atom is 0.150 e. The first-order valence-corrected chi connectivity index (χ1v) is 5.99. The van der Waals surface area contributed by atoms with Crippen LogP contribution >= 0.6 is 0 Å². The fraction of sp³-hybridized carbons (Fsp3) is 0.357. The molecule has 0 fully saturated rings. The molecule has 1 atom stereocenters. The highest BCUT2D eigenvalue weighted by Crippen LogP contribution is 2.19. The summed E-state index contributed by atoms with van der Waals surface area (Å²) in [5.74, 6) is 0.774. The molecule has 4 nitrogen and oxygen atoms in total. The quantitative estimate of drug-likeness (QED) is 0.847. The number of nitrogens with zero attached hydrogens (tertiary/aromatic N) is 1. The fourth-order valence-electron chi connectivity index (χ4n) is 1.83. The third kappa shape index (κ3) is 3.18. The second-order valence-corrected chi connectivity index (χ2v) is 4.68. The van der Waals surface area contributed by atoms with Gasteiger partial charge in [-0.1, -0.05) is 35.5 Å². The molecule has 96 valence electrons. The Kier molecular flexibility index (Phi) is 3.79. The van der Waals surface area contributed by atoms with Crippen molar-refractivity contribution in [1.29, 1.82) is 0 Å². The average Bonchev–Trinajstić information content (AvgIpc) is 2.76. The van der Waals surface area contributed by atoms with Crippen LogP contribution in [0.3, 0.4) is 0 Å². The molecule has 0 bridgehead atoms. The molecule has 0 radical (unpaired) electrons. The van der Waals surface area contributed by atoms with Gasteiger partial charge in [0.05, 0.1) is 17.8 Å². The Hall–Kier alpha value is -1.65. The van der Waals surface area contributed by atoms with E-state index in [1.807, 2.05) is 43.3 Å². The summed E-state index contributed by atoms with van der Waals surface area (Å²) in [4.78, 5) is 0. The van der Waals surface area contributed by atoms with Crippen molar-refractivity contribution in [1.82, 2.24) is 10.5 Å². The van der Waals surface area contributed by atoms with Crippen LogP contribution in [0.15, 0.2) is 40.9 Å². The molecule has 1 heterocycles. The van der Waals surface area contributed by atoms with Crippen molar-refractivity contribution in [3.05, 3.63) is 53.4 Å². The van der Waals surface area contributed by atoms with Gasteiger partial charge in [0, 0.05) is 12.6 Å². The standard InChI is InChI=1S/C14H18N2O2/c1-11-8-13(18-16-11)9-15-10-14(2,17)12-6-4-3-5-7-12/h3-8,15,17H,9-10H2,1-2H3. The summed E-state index contributed by atoms with van der Waals surface area (Å²) in [7, 11) is 0. The van der Waals surface area contributed by atoms with E-state index < -0.39 is 5.60 Å². The summed E-state index contributed by atoms with van der Waals surface area (Å²) in [6.07, 6.45) is 0. The Morgan fingerprint density at radius 2 is 2.06 bits per heavy atom. The Labute approximate surface area is 107 Å². The summed E-state index contributed by atoms with van der Waals surface area (Å²) >= 11 is 0. The van der Waals surface area contributed by atoms with Gasteiger partial charge in [0.1, 0.15) is 0 Å². The molecule has 0 saturated heterocycles. The minimum atomic E-state index is -0.893. The lowest BCUT2D eigenvalue weighted by Gasteiger charge is -2.24. The number of aliphatic hydroxyl groups is 1. The molecular weight excluding hydrogens is 228 g/mol. The first kappa shape index (κ1) is 12.8. The Morgan fingerprint density at radius 3 is 2.67 bits per heavy atom. The molecule has 2 N–H and O–H groups in total. The predicted molar refractivity (Wildman–Crippen MR) is 69.0 cm³/mol. The summed E-state index contributed by atoms with van der Waals surface area (Å²) < 4.78 is 5.09. The second kappa shape index (κ2) is 5.33. The van der Waals surface area contributed by atoms with E-state index in [4.69, 9.17) is 4.52 Å². The van der Waals surface area contributed by atoms with Gasteiger partial charge >= 0.3 is 0 Å². The van der Waals surface area contributed by atoms with Gasteiger partial charge in [-0.2, -0.15) is 0 Å². The van der Waals surface area contributed by atoms with Gasteiger partial charge in [-0.05, 0) is 19.4 Å². The number of hydrogen-bond acceptors (Lipinski definition) is 4. The number of aryl methyl sites for hydroxylation is 1. The summed E-state index contributed by atoms with van der Waals surface area (Å²) in [5, 5.41) is 17.3. The number of aromatic nitrogens is 1. The molecular formula is C14H18N2O2. The lowest BCUT2D eigenvalue weighted by atomic mass is 9.96. The molecule has 0 amide bonds. The smallest absolute Gasteiger partial charge is 0.150 e. The first-order valence-electron chi connectivity index (χ1n) is 5.99. The van der Waals surface area contributed by atoms with Crippen LogP contribution in [0.25, 0.3) is 0 Å². The van der Waals surface area contributed by atoms with Gasteiger partial charge in [0.2, 0.25) is 0 Å². The average molecular weight is 246 g/mol. The molecule has 18 heavy (non-hydrogen) atoms. The molecule has 1 aromatic heterocycles. The highest BCUT2D eigenvalue weighted by Gasteiger charge is 2.22. The van der Waals surface area contributed by atoms with E-state index in [1.165, 1.54) is 0 Å². The van der Waals surface area contributed by atoms with Crippen molar-refractivity contribution < 1.29 is 9.63 Å². The van der Waals surface area contributed by atoms with Gasteiger partial charge in [-0.15, -0.1) is 0 Å². The largest absolute Gasteiger partial charge is 0.384 e.